The quantitative estimate of drug-likeness (QED) is 0.560. The number of ether oxygens (including phenoxy) is 1. The maximum absolute atomic E-state index is 5.78. The van der Waals surface area contributed by atoms with Gasteiger partial charge in [0.05, 0.1) is 6.10 Å². The highest BCUT2D eigenvalue weighted by molar-refractivity contribution is 5.98. The first kappa shape index (κ1) is 11.0. The number of benzene rings is 3. The lowest BCUT2D eigenvalue weighted by atomic mass is 9.99. The van der Waals surface area contributed by atoms with E-state index in [1.807, 2.05) is 0 Å². The van der Waals surface area contributed by atoms with Crippen LogP contribution in [0, 0.1) is 0 Å². The topological polar surface area (TPSA) is 9.23 Å². The molecule has 1 atom stereocenters. The molecule has 1 unspecified atom stereocenters. The van der Waals surface area contributed by atoms with Crippen LogP contribution in [0.2, 0.25) is 0 Å². The summed E-state index contributed by atoms with van der Waals surface area (Å²) in [6.07, 6.45) is 2.63. The molecule has 0 aliphatic carbocycles. The largest absolute Gasteiger partial charge is 0.374 e. The second-order valence-electron chi connectivity index (χ2n) is 5.31. The summed E-state index contributed by atoms with van der Waals surface area (Å²) in [6.45, 7) is 0.903. The van der Waals surface area contributed by atoms with E-state index in [4.69, 9.17) is 4.74 Å². The fraction of sp³-hybridized carbons (Fsp3) is 0.222. The van der Waals surface area contributed by atoms with Crippen LogP contribution in [0.5, 0.6) is 0 Å². The number of hydrogen-bond acceptors (Lipinski definition) is 1. The zero-order valence-corrected chi connectivity index (χ0v) is 10.8. The molecular weight excluding hydrogens is 232 g/mol. The molecule has 19 heavy (non-hydrogen) atoms. The van der Waals surface area contributed by atoms with Gasteiger partial charge >= 0.3 is 0 Å². The number of rotatable bonds is 1. The Labute approximate surface area is 112 Å². The van der Waals surface area contributed by atoms with E-state index in [0.717, 1.165) is 13.0 Å². The molecule has 3 aromatic carbocycles. The van der Waals surface area contributed by atoms with Crippen LogP contribution >= 0.6 is 0 Å². The number of hydrogen-bond donors (Lipinski definition) is 0. The van der Waals surface area contributed by atoms with Gasteiger partial charge in [-0.2, -0.15) is 0 Å². The van der Waals surface area contributed by atoms with E-state index in [9.17, 15) is 0 Å². The Morgan fingerprint density at radius 2 is 1.53 bits per heavy atom. The summed E-state index contributed by atoms with van der Waals surface area (Å²) in [7, 11) is 0. The molecule has 0 aromatic heterocycles. The lowest BCUT2D eigenvalue weighted by Gasteiger charge is -2.11. The van der Waals surface area contributed by atoms with Crippen molar-refractivity contribution in [3.63, 3.8) is 0 Å². The maximum Gasteiger partial charge on any atom is 0.0826 e. The molecule has 0 bridgehead atoms. The van der Waals surface area contributed by atoms with Crippen LogP contribution in [0.4, 0.5) is 0 Å². The first-order chi connectivity index (χ1) is 9.40. The summed E-state index contributed by atoms with van der Waals surface area (Å²) in [4.78, 5) is 0. The van der Waals surface area contributed by atoms with Crippen LogP contribution in [0.15, 0.2) is 54.6 Å². The van der Waals surface area contributed by atoms with Crippen molar-refractivity contribution in [1.29, 1.82) is 0 Å². The van der Waals surface area contributed by atoms with Gasteiger partial charge in [0.2, 0.25) is 0 Å². The maximum atomic E-state index is 5.78. The van der Waals surface area contributed by atoms with Crippen LogP contribution in [0.25, 0.3) is 21.5 Å². The minimum atomic E-state index is 0.302. The molecule has 0 N–H and O–H groups in total. The van der Waals surface area contributed by atoms with Crippen molar-refractivity contribution in [2.75, 3.05) is 6.61 Å². The Morgan fingerprint density at radius 3 is 2.26 bits per heavy atom. The molecule has 3 aromatic rings. The van der Waals surface area contributed by atoms with Crippen molar-refractivity contribution < 1.29 is 4.74 Å². The zero-order chi connectivity index (χ0) is 12.7. The van der Waals surface area contributed by atoms with Gasteiger partial charge in [0, 0.05) is 6.61 Å². The third-order valence-corrected chi connectivity index (χ3v) is 4.03. The van der Waals surface area contributed by atoms with Gasteiger partial charge < -0.3 is 4.74 Å². The molecule has 0 spiro atoms. The Morgan fingerprint density at radius 1 is 0.789 bits per heavy atom. The van der Waals surface area contributed by atoms with Crippen LogP contribution in [-0.2, 0) is 4.74 Å². The first-order valence-electron chi connectivity index (χ1n) is 6.94. The molecule has 1 aliphatic heterocycles. The second kappa shape index (κ2) is 4.36. The van der Waals surface area contributed by atoms with Crippen molar-refractivity contribution in [1.82, 2.24) is 0 Å². The third-order valence-electron chi connectivity index (χ3n) is 4.03. The molecule has 1 heteroatoms. The van der Waals surface area contributed by atoms with Crippen molar-refractivity contribution in [3.8, 4) is 0 Å². The van der Waals surface area contributed by atoms with Gasteiger partial charge in [-0.3, -0.25) is 0 Å². The lowest BCUT2D eigenvalue weighted by Crippen LogP contribution is -1.95. The predicted molar refractivity (Wildman–Crippen MR) is 79.4 cm³/mol. The van der Waals surface area contributed by atoms with Gasteiger partial charge in [0.1, 0.15) is 0 Å². The van der Waals surface area contributed by atoms with Crippen LogP contribution < -0.4 is 0 Å². The Kier molecular flexibility index (Phi) is 2.52. The third kappa shape index (κ3) is 1.91. The van der Waals surface area contributed by atoms with Crippen LogP contribution in [-0.4, -0.2) is 6.61 Å². The normalized spacial score (nSPS) is 19.3. The first-order valence-corrected chi connectivity index (χ1v) is 6.94. The van der Waals surface area contributed by atoms with E-state index >= 15 is 0 Å². The van der Waals surface area contributed by atoms with E-state index < -0.39 is 0 Å². The molecule has 1 fully saturated rings. The summed E-state index contributed by atoms with van der Waals surface area (Å²) in [5.41, 5.74) is 1.32. The summed E-state index contributed by atoms with van der Waals surface area (Å²) in [6, 6.07) is 19.8. The van der Waals surface area contributed by atoms with E-state index in [1.54, 1.807) is 0 Å². The van der Waals surface area contributed by atoms with E-state index in [1.165, 1.54) is 33.5 Å². The van der Waals surface area contributed by atoms with Gasteiger partial charge in [0.25, 0.3) is 0 Å². The molecule has 0 saturated carbocycles. The molecule has 4 rings (SSSR count). The SMILES string of the molecule is c1ccc2cc3cc(C4CCCO4)ccc3cc2c1. The molecule has 1 saturated heterocycles. The van der Waals surface area contributed by atoms with E-state index in [2.05, 4.69) is 54.6 Å². The molecule has 0 amide bonds. The highest BCUT2D eigenvalue weighted by Gasteiger charge is 2.17. The van der Waals surface area contributed by atoms with Gasteiger partial charge in [0.15, 0.2) is 0 Å². The molecule has 0 radical (unpaired) electrons. The fourth-order valence-electron chi connectivity index (χ4n) is 3.00. The van der Waals surface area contributed by atoms with Crippen molar-refractivity contribution in [3.05, 3.63) is 60.2 Å². The highest BCUT2D eigenvalue weighted by atomic mass is 16.5. The van der Waals surface area contributed by atoms with Gasteiger partial charge in [-0.15, -0.1) is 0 Å². The van der Waals surface area contributed by atoms with Crippen molar-refractivity contribution >= 4 is 21.5 Å². The molecular formula is C18H16O. The summed E-state index contributed by atoms with van der Waals surface area (Å²) in [5, 5.41) is 5.23. The lowest BCUT2D eigenvalue weighted by molar-refractivity contribution is 0.112. The average molecular weight is 248 g/mol. The molecule has 94 valence electrons. The molecule has 1 nitrogen and oxygen atoms in total. The smallest absolute Gasteiger partial charge is 0.0826 e. The van der Waals surface area contributed by atoms with Gasteiger partial charge in [-0.05, 0) is 58.1 Å². The number of fused-ring (bicyclic) bond motifs is 2. The van der Waals surface area contributed by atoms with Crippen molar-refractivity contribution in [2.24, 2.45) is 0 Å². The summed E-state index contributed by atoms with van der Waals surface area (Å²) in [5.74, 6) is 0. The van der Waals surface area contributed by atoms with Crippen LogP contribution in [0.1, 0.15) is 24.5 Å². The highest BCUT2D eigenvalue weighted by Crippen LogP contribution is 2.31. The summed E-state index contributed by atoms with van der Waals surface area (Å²) < 4.78 is 5.78. The van der Waals surface area contributed by atoms with E-state index in [-0.39, 0.29) is 0 Å². The molecule has 1 aliphatic rings. The fourth-order valence-corrected chi connectivity index (χ4v) is 3.00. The van der Waals surface area contributed by atoms with Crippen molar-refractivity contribution in [2.45, 2.75) is 18.9 Å². The van der Waals surface area contributed by atoms with Gasteiger partial charge in [-0.25, -0.2) is 0 Å². The Hall–Kier alpha value is -1.86. The Balaban J connectivity index is 1.89. The minimum absolute atomic E-state index is 0.302. The second-order valence-corrected chi connectivity index (χ2v) is 5.31. The zero-order valence-electron chi connectivity index (χ0n) is 10.8. The monoisotopic (exact) mass is 248 g/mol. The Bertz CT molecular complexity index is 739. The predicted octanol–water partition coefficient (Wildman–Crippen LogP) is 4.84. The van der Waals surface area contributed by atoms with Gasteiger partial charge in [-0.1, -0.05) is 36.4 Å². The van der Waals surface area contributed by atoms with Crippen LogP contribution in [0.3, 0.4) is 0 Å². The average Bonchev–Trinajstić information content (AvgIpc) is 2.98. The minimum Gasteiger partial charge on any atom is -0.374 e. The van der Waals surface area contributed by atoms with E-state index in [0.29, 0.717) is 6.10 Å². The molecule has 1 heterocycles. The summed E-state index contributed by atoms with van der Waals surface area (Å²) >= 11 is 0. The standard InChI is InChI=1S/C18H16O/c1-2-5-14-11-17-12-16(18-6-3-9-19-18)8-7-15(17)10-13(14)4-1/h1-2,4-5,7-8,10-12,18H,3,6,9H2.